The fourth-order valence-electron chi connectivity index (χ4n) is 3.67. The van der Waals surface area contributed by atoms with Crippen molar-refractivity contribution in [2.24, 2.45) is 0 Å². The van der Waals surface area contributed by atoms with Crippen LogP contribution in [-0.4, -0.2) is 59.3 Å². The number of benzene rings is 2. The van der Waals surface area contributed by atoms with Crippen molar-refractivity contribution in [3.05, 3.63) is 59.7 Å². The van der Waals surface area contributed by atoms with Crippen molar-refractivity contribution >= 4 is 14.4 Å². The van der Waals surface area contributed by atoms with Gasteiger partial charge in [-0.05, 0) is 40.4 Å². The average molecular weight is 456 g/mol. The molecule has 0 aromatic heterocycles. The second kappa shape index (κ2) is 10.2. The van der Waals surface area contributed by atoms with E-state index in [2.05, 4.69) is 70.3 Å². The zero-order valence-electron chi connectivity index (χ0n) is 20.3. The number of carbonyl (C=O) groups excluding carboxylic acids is 1. The Bertz CT molecular complexity index is 877. The Balaban J connectivity index is 1.41. The summed E-state index contributed by atoms with van der Waals surface area (Å²) in [5, 5.41) is 0.192. The van der Waals surface area contributed by atoms with Crippen molar-refractivity contribution in [1.82, 2.24) is 4.90 Å². The van der Waals surface area contributed by atoms with Gasteiger partial charge in [-0.2, -0.15) is 0 Å². The minimum Gasteiger partial charge on any atom is -0.448 e. The molecule has 0 atom stereocenters. The Morgan fingerprint density at radius 3 is 2.06 bits per heavy atom. The molecule has 0 N–H and O–H groups in total. The highest BCUT2D eigenvalue weighted by molar-refractivity contribution is 6.74. The van der Waals surface area contributed by atoms with E-state index in [1.807, 2.05) is 12.1 Å². The first-order valence-electron chi connectivity index (χ1n) is 11.4. The maximum absolute atomic E-state index is 12.5. The highest BCUT2D eigenvalue weighted by Gasteiger charge is 2.36. The SMILES string of the molecule is CN(CCOCCO[Si](C)(C)C(C)(C)C)C(=O)OCC1c2ccccc2-c2ccccc21. The van der Waals surface area contributed by atoms with Gasteiger partial charge in [0.25, 0.3) is 0 Å². The molecule has 0 aliphatic heterocycles. The smallest absolute Gasteiger partial charge is 0.409 e. The highest BCUT2D eigenvalue weighted by Crippen LogP contribution is 2.44. The first-order valence-corrected chi connectivity index (χ1v) is 14.3. The summed E-state index contributed by atoms with van der Waals surface area (Å²) in [5.74, 6) is 0.0727. The van der Waals surface area contributed by atoms with Crippen molar-refractivity contribution < 1.29 is 18.7 Å². The van der Waals surface area contributed by atoms with Crippen molar-refractivity contribution in [1.29, 1.82) is 0 Å². The van der Waals surface area contributed by atoms with E-state index in [-0.39, 0.29) is 17.0 Å². The van der Waals surface area contributed by atoms with Crippen LogP contribution in [0.3, 0.4) is 0 Å². The minimum atomic E-state index is -1.74. The average Bonchev–Trinajstić information content (AvgIpc) is 3.07. The lowest BCUT2D eigenvalue weighted by molar-refractivity contribution is 0.0683. The molecule has 0 saturated carbocycles. The summed E-state index contributed by atoms with van der Waals surface area (Å²) < 4.78 is 17.5. The molecule has 174 valence electrons. The lowest BCUT2D eigenvalue weighted by atomic mass is 9.98. The molecule has 1 amide bonds. The molecule has 0 heterocycles. The molecular weight excluding hydrogens is 418 g/mol. The van der Waals surface area contributed by atoms with Crippen LogP contribution in [0.2, 0.25) is 18.1 Å². The van der Waals surface area contributed by atoms with Crippen LogP contribution in [0.1, 0.15) is 37.8 Å². The molecule has 32 heavy (non-hydrogen) atoms. The first kappa shape index (κ1) is 24.5. The Hall–Kier alpha value is -2.15. The fraction of sp³-hybridized carbons (Fsp3) is 0.500. The van der Waals surface area contributed by atoms with Gasteiger partial charge in [-0.1, -0.05) is 69.3 Å². The molecule has 5 nitrogen and oxygen atoms in total. The monoisotopic (exact) mass is 455 g/mol. The van der Waals surface area contributed by atoms with Crippen LogP contribution in [-0.2, 0) is 13.9 Å². The van der Waals surface area contributed by atoms with Gasteiger partial charge in [-0.15, -0.1) is 0 Å². The van der Waals surface area contributed by atoms with E-state index in [9.17, 15) is 4.79 Å². The van der Waals surface area contributed by atoms with Crippen molar-refractivity contribution in [2.75, 3.05) is 40.0 Å². The highest BCUT2D eigenvalue weighted by atomic mass is 28.4. The Labute approximate surface area is 193 Å². The van der Waals surface area contributed by atoms with Crippen molar-refractivity contribution in [3.8, 4) is 11.1 Å². The Morgan fingerprint density at radius 1 is 0.938 bits per heavy atom. The number of hydrogen-bond acceptors (Lipinski definition) is 4. The largest absolute Gasteiger partial charge is 0.448 e. The zero-order valence-corrected chi connectivity index (χ0v) is 21.3. The topological polar surface area (TPSA) is 48.0 Å². The van der Waals surface area contributed by atoms with Gasteiger partial charge in [-0.3, -0.25) is 0 Å². The maximum atomic E-state index is 12.5. The molecule has 6 heteroatoms. The first-order chi connectivity index (χ1) is 15.1. The Morgan fingerprint density at radius 2 is 1.50 bits per heavy atom. The molecule has 0 saturated heterocycles. The molecule has 0 bridgehead atoms. The van der Waals surface area contributed by atoms with Crippen LogP contribution >= 0.6 is 0 Å². The molecule has 1 aliphatic rings. The van der Waals surface area contributed by atoms with Gasteiger partial charge < -0.3 is 18.8 Å². The molecule has 2 aromatic rings. The number of likely N-dealkylation sites (N-methyl/N-ethyl adjacent to an activating group) is 1. The maximum Gasteiger partial charge on any atom is 0.409 e. The van der Waals surface area contributed by atoms with E-state index in [0.717, 1.165) is 0 Å². The van der Waals surface area contributed by atoms with Gasteiger partial charge in [0.2, 0.25) is 0 Å². The molecular formula is C26H37NO4Si. The van der Waals surface area contributed by atoms with E-state index < -0.39 is 8.32 Å². The van der Waals surface area contributed by atoms with Crippen molar-refractivity contribution in [2.45, 2.75) is 44.8 Å². The molecule has 0 unspecified atom stereocenters. The zero-order chi connectivity index (χ0) is 23.4. The fourth-order valence-corrected chi connectivity index (χ4v) is 4.70. The van der Waals surface area contributed by atoms with E-state index in [1.54, 1.807) is 11.9 Å². The second-order valence-electron chi connectivity index (χ2n) is 9.95. The molecule has 1 aliphatic carbocycles. The molecule has 2 aromatic carbocycles. The van der Waals surface area contributed by atoms with Gasteiger partial charge in [0, 0.05) is 19.5 Å². The van der Waals surface area contributed by atoms with Gasteiger partial charge in [0.05, 0.1) is 19.8 Å². The number of ether oxygens (including phenoxy) is 2. The quantitative estimate of drug-likeness (QED) is 0.349. The lowest BCUT2D eigenvalue weighted by Crippen LogP contribution is -2.41. The predicted molar refractivity (Wildman–Crippen MR) is 132 cm³/mol. The number of fused-ring (bicyclic) bond motifs is 3. The molecule has 0 radical (unpaired) electrons. The van der Waals surface area contributed by atoms with Crippen LogP contribution < -0.4 is 0 Å². The van der Waals surface area contributed by atoms with Crippen LogP contribution in [0.5, 0.6) is 0 Å². The van der Waals surface area contributed by atoms with Crippen LogP contribution in [0, 0.1) is 0 Å². The van der Waals surface area contributed by atoms with Gasteiger partial charge in [-0.25, -0.2) is 4.79 Å². The van der Waals surface area contributed by atoms with Gasteiger partial charge in [0.15, 0.2) is 8.32 Å². The van der Waals surface area contributed by atoms with E-state index in [1.165, 1.54) is 22.3 Å². The number of rotatable bonds is 9. The summed E-state index contributed by atoms with van der Waals surface area (Å²) in [6.45, 7) is 13.5. The number of hydrogen-bond donors (Lipinski definition) is 0. The Kier molecular flexibility index (Phi) is 7.80. The third-order valence-corrected chi connectivity index (χ3v) is 11.3. The van der Waals surface area contributed by atoms with E-state index in [4.69, 9.17) is 13.9 Å². The predicted octanol–water partition coefficient (Wildman–Crippen LogP) is 5.91. The summed E-state index contributed by atoms with van der Waals surface area (Å²) in [7, 11) is 0.000835. The van der Waals surface area contributed by atoms with Crippen LogP contribution in [0.4, 0.5) is 4.79 Å². The summed E-state index contributed by atoms with van der Waals surface area (Å²) in [6.07, 6.45) is -0.326. The summed E-state index contributed by atoms with van der Waals surface area (Å²) in [4.78, 5) is 14.1. The number of carbonyl (C=O) groups is 1. The number of nitrogens with zero attached hydrogens (tertiary/aromatic N) is 1. The molecule has 0 spiro atoms. The normalized spacial score (nSPS) is 13.6. The third-order valence-electron chi connectivity index (χ3n) is 6.72. The minimum absolute atomic E-state index is 0.0727. The molecule has 0 fully saturated rings. The number of amides is 1. The van der Waals surface area contributed by atoms with E-state index in [0.29, 0.717) is 33.0 Å². The van der Waals surface area contributed by atoms with Crippen LogP contribution in [0.15, 0.2) is 48.5 Å². The van der Waals surface area contributed by atoms with E-state index >= 15 is 0 Å². The lowest BCUT2D eigenvalue weighted by Gasteiger charge is -2.36. The van der Waals surface area contributed by atoms with Crippen LogP contribution in [0.25, 0.3) is 11.1 Å². The third kappa shape index (κ3) is 5.60. The summed E-state index contributed by atoms with van der Waals surface area (Å²) in [6, 6.07) is 16.7. The standard InChI is InChI=1S/C26H37NO4Si/c1-26(2,3)32(5,6)31-18-17-29-16-15-27(4)25(28)30-19-24-22-13-9-7-11-20(22)21-12-8-10-14-23(21)24/h7-14,24H,15-19H2,1-6H3. The summed E-state index contributed by atoms with van der Waals surface area (Å²) in [5.41, 5.74) is 4.89. The second-order valence-corrected chi connectivity index (χ2v) is 14.8. The molecule has 3 rings (SSSR count). The summed E-state index contributed by atoms with van der Waals surface area (Å²) >= 11 is 0. The van der Waals surface area contributed by atoms with Crippen molar-refractivity contribution in [3.63, 3.8) is 0 Å². The van der Waals surface area contributed by atoms with Gasteiger partial charge >= 0.3 is 6.09 Å². The van der Waals surface area contributed by atoms with Gasteiger partial charge in [0.1, 0.15) is 6.61 Å².